The first-order valence-electron chi connectivity index (χ1n) is 9.93. The van der Waals surface area contributed by atoms with E-state index in [1.165, 1.54) is 6.07 Å². The molecule has 2 atom stereocenters. The van der Waals surface area contributed by atoms with Gasteiger partial charge in [-0.3, -0.25) is 4.98 Å². The van der Waals surface area contributed by atoms with Crippen LogP contribution in [0.25, 0.3) is 5.69 Å². The first-order valence-corrected chi connectivity index (χ1v) is 10.3. The van der Waals surface area contributed by atoms with Gasteiger partial charge in [0.15, 0.2) is 5.11 Å². The predicted molar refractivity (Wildman–Crippen MR) is 119 cm³/mol. The summed E-state index contributed by atoms with van der Waals surface area (Å²) < 4.78 is 21.9. The van der Waals surface area contributed by atoms with E-state index in [1.807, 2.05) is 42.7 Å². The van der Waals surface area contributed by atoms with E-state index in [9.17, 15) is 4.39 Å². The minimum atomic E-state index is -0.247. The van der Waals surface area contributed by atoms with Crippen LogP contribution < -0.4 is 5.32 Å². The summed E-state index contributed by atoms with van der Waals surface area (Å²) in [7, 11) is 1.68. The Labute approximate surface area is 181 Å². The number of ether oxygens (including phenoxy) is 1. The molecule has 1 N–H and O–H groups in total. The zero-order valence-corrected chi connectivity index (χ0v) is 18.1. The summed E-state index contributed by atoms with van der Waals surface area (Å²) in [6.07, 6.45) is 1.79. The van der Waals surface area contributed by atoms with Crippen LogP contribution >= 0.6 is 12.2 Å². The topological polar surface area (TPSA) is 42.3 Å². The van der Waals surface area contributed by atoms with Crippen molar-refractivity contribution >= 4 is 17.3 Å². The van der Waals surface area contributed by atoms with Gasteiger partial charge in [0.1, 0.15) is 5.82 Å². The Hall–Kier alpha value is -2.77. The molecule has 4 rings (SSSR count). The highest BCUT2D eigenvalue weighted by Crippen LogP contribution is 2.41. The molecule has 0 radical (unpaired) electrons. The average molecular weight is 425 g/mol. The van der Waals surface area contributed by atoms with Gasteiger partial charge in [0.2, 0.25) is 0 Å². The number of halogens is 1. The van der Waals surface area contributed by atoms with E-state index in [4.69, 9.17) is 17.0 Å². The number of methoxy groups -OCH3 is 1. The number of benzene rings is 1. The van der Waals surface area contributed by atoms with Crippen molar-refractivity contribution in [1.82, 2.24) is 19.8 Å². The Balaban J connectivity index is 1.83. The van der Waals surface area contributed by atoms with Crippen LogP contribution in [0.4, 0.5) is 4.39 Å². The minimum Gasteiger partial charge on any atom is -0.383 e. The van der Waals surface area contributed by atoms with E-state index in [0.717, 1.165) is 22.6 Å². The van der Waals surface area contributed by atoms with E-state index < -0.39 is 0 Å². The third-order valence-electron chi connectivity index (χ3n) is 5.62. The van der Waals surface area contributed by atoms with Gasteiger partial charge in [0.25, 0.3) is 0 Å². The molecule has 0 spiro atoms. The Kier molecular flexibility index (Phi) is 5.83. The predicted octanol–water partition coefficient (Wildman–Crippen LogP) is 4.25. The van der Waals surface area contributed by atoms with Gasteiger partial charge in [-0.1, -0.05) is 18.2 Å². The number of nitrogens with one attached hydrogen (secondary N) is 1. The Morgan fingerprint density at radius 1 is 1.17 bits per heavy atom. The highest BCUT2D eigenvalue weighted by molar-refractivity contribution is 7.80. The molecule has 0 bridgehead atoms. The number of hydrogen-bond donors (Lipinski definition) is 1. The van der Waals surface area contributed by atoms with Crippen LogP contribution in [0.2, 0.25) is 0 Å². The average Bonchev–Trinajstić information content (AvgIpc) is 3.23. The number of hydrogen-bond acceptors (Lipinski definition) is 3. The highest BCUT2D eigenvalue weighted by Gasteiger charge is 2.41. The second-order valence-electron chi connectivity index (χ2n) is 7.43. The van der Waals surface area contributed by atoms with E-state index in [0.29, 0.717) is 24.0 Å². The maximum absolute atomic E-state index is 14.6. The van der Waals surface area contributed by atoms with Crippen molar-refractivity contribution in [2.24, 2.45) is 0 Å². The van der Waals surface area contributed by atoms with Crippen LogP contribution in [-0.2, 0) is 4.74 Å². The van der Waals surface area contributed by atoms with Crippen molar-refractivity contribution < 1.29 is 9.13 Å². The molecular weight excluding hydrogens is 399 g/mol. The van der Waals surface area contributed by atoms with Crippen molar-refractivity contribution in [1.29, 1.82) is 0 Å². The lowest BCUT2D eigenvalue weighted by Gasteiger charge is -2.28. The minimum absolute atomic E-state index is 0.0747. The molecule has 0 aliphatic carbocycles. The van der Waals surface area contributed by atoms with Crippen molar-refractivity contribution in [3.63, 3.8) is 0 Å². The molecule has 1 saturated heterocycles. The number of rotatable bonds is 6. The van der Waals surface area contributed by atoms with Gasteiger partial charge >= 0.3 is 0 Å². The largest absolute Gasteiger partial charge is 0.383 e. The smallest absolute Gasteiger partial charge is 0.170 e. The summed E-state index contributed by atoms with van der Waals surface area (Å²) in [6, 6.07) is 14.7. The van der Waals surface area contributed by atoms with Gasteiger partial charge in [-0.2, -0.15) is 0 Å². The van der Waals surface area contributed by atoms with Gasteiger partial charge in [-0.05, 0) is 62.0 Å². The zero-order chi connectivity index (χ0) is 21.3. The first-order chi connectivity index (χ1) is 14.5. The summed E-state index contributed by atoms with van der Waals surface area (Å²) in [5, 5.41) is 4.11. The molecular formula is C23H25FN4OS. The SMILES string of the molecule is COCCN1C(=S)N[C@H](c2ccccn2)[C@@H]1c1cc(C)n(-c2ccccc2F)c1C. The number of para-hydroxylation sites is 1. The molecule has 1 fully saturated rings. The van der Waals surface area contributed by atoms with Crippen LogP contribution in [-0.4, -0.2) is 39.8 Å². The fraction of sp³-hybridized carbons (Fsp3) is 0.304. The number of nitrogens with zero attached hydrogens (tertiary/aromatic N) is 3. The van der Waals surface area contributed by atoms with Gasteiger partial charge in [0.05, 0.1) is 30.1 Å². The summed E-state index contributed by atoms with van der Waals surface area (Å²) >= 11 is 5.67. The number of thiocarbonyl (C=S) groups is 1. The number of aromatic nitrogens is 2. The van der Waals surface area contributed by atoms with E-state index in [-0.39, 0.29) is 17.9 Å². The molecule has 1 aromatic carbocycles. The summed E-state index contributed by atoms with van der Waals surface area (Å²) in [5.41, 5.74) is 4.51. The molecule has 3 heterocycles. The molecule has 3 aromatic rings. The van der Waals surface area contributed by atoms with Crippen LogP contribution in [0.5, 0.6) is 0 Å². The monoisotopic (exact) mass is 424 g/mol. The van der Waals surface area contributed by atoms with Crippen molar-refractivity contribution in [3.8, 4) is 5.69 Å². The third-order valence-corrected chi connectivity index (χ3v) is 5.97. The highest BCUT2D eigenvalue weighted by atomic mass is 32.1. The molecule has 7 heteroatoms. The normalized spacial score (nSPS) is 18.7. The molecule has 0 amide bonds. The van der Waals surface area contributed by atoms with E-state index in [2.05, 4.69) is 21.3 Å². The van der Waals surface area contributed by atoms with Crippen molar-refractivity contribution in [2.75, 3.05) is 20.3 Å². The molecule has 1 aliphatic rings. The van der Waals surface area contributed by atoms with E-state index >= 15 is 0 Å². The maximum Gasteiger partial charge on any atom is 0.170 e. The van der Waals surface area contributed by atoms with Crippen LogP contribution in [0.1, 0.15) is 34.7 Å². The molecule has 30 heavy (non-hydrogen) atoms. The Morgan fingerprint density at radius 3 is 2.63 bits per heavy atom. The second kappa shape index (κ2) is 8.53. The first kappa shape index (κ1) is 20.5. The summed E-state index contributed by atoms with van der Waals surface area (Å²) in [5.74, 6) is -0.247. The second-order valence-corrected chi connectivity index (χ2v) is 7.81. The molecule has 0 saturated carbocycles. The Bertz CT molecular complexity index is 1050. The fourth-order valence-corrected chi connectivity index (χ4v) is 4.60. The van der Waals surface area contributed by atoms with Crippen LogP contribution in [0.3, 0.4) is 0 Å². The quantitative estimate of drug-likeness (QED) is 0.600. The Morgan fingerprint density at radius 2 is 1.93 bits per heavy atom. The summed E-state index contributed by atoms with van der Waals surface area (Å²) in [6.45, 7) is 5.23. The zero-order valence-electron chi connectivity index (χ0n) is 17.3. The standard InChI is InChI=1S/C23H25FN4OS/c1-15-14-17(16(2)28(15)20-10-5-4-8-18(20)24)22-21(19-9-6-7-11-25-19)26-23(30)27(22)12-13-29-3/h4-11,14,21-22H,12-13H2,1-3H3,(H,26,30)/t21-,22+/m1/s1. The van der Waals surface area contributed by atoms with Gasteiger partial charge < -0.3 is 19.5 Å². The molecule has 2 aromatic heterocycles. The number of pyridine rings is 1. The third kappa shape index (κ3) is 3.59. The van der Waals surface area contributed by atoms with Gasteiger partial charge in [-0.25, -0.2) is 4.39 Å². The van der Waals surface area contributed by atoms with Crippen LogP contribution in [0, 0.1) is 19.7 Å². The van der Waals surface area contributed by atoms with Crippen molar-refractivity contribution in [2.45, 2.75) is 25.9 Å². The number of aryl methyl sites for hydroxylation is 1. The van der Waals surface area contributed by atoms with Crippen LogP contribution in [0.15, 0.2) is 54.7 Å². The lowest BCUT2D eigenvalue weighted by atomic mass is 9.97. The van der Waals surface area contributed by atoms with Gasteiger partial charge in [-0.15, -0.1) is 0 Å². The lowest BCUT2D eigenvalue weighted by Crippen LogP contribution is -2.32. The lowest BCUT2D eigenvalue weighted by molar-refractivity contribution is 0.164. The molecule has 5 nitrogen and oxygen atoms in total. The molecule has 156 valence electrons. The van der Waals surface area contributed by atoms with Gasteiger partial charge in [0, 0.05) is 31.2 Å². The summed E-state index contributed by atoms with van der Waals surface area (Å²) in [4.78, 5) is 6.71. The van der Waals surface area contributed by atoms with E-state index in [1.54, 1.807) is 25.4 Å². The molecule has 0 unspecified atom stereocenters. The maximum atomic E-state index is 14.6. The molecule has 1 aliphatic heterocycles. The van der Waals surface area contributed by atoms with Crippen molar-refractivity contribution in [3.05, 3.63) is 83.2 Å². The fourth-order valence-electron chi connectivity index (χ4n) is 4.27.